The summed E-state index contributed by atoms with van der Waals surface area (Å²) in [7, 11) is 0. The highest BCUT2D eigenvalue weighted by Gasteiger charge is 2.77. The monoisotopic (exact) mass is 534 g/mol. The predicted molar refractivity (Wildman–Crippen MR) is 110 cm³/mol. The highest BCUT2D eigenvalue weighted by Crippen LogP contribution is 2.82. The maximum Gasteiger partial charge on any atom is 0.0122 e. The van der Waals surface area contributed by atoms with E-state index in [0.717, 1.165) is 19.7 Å². The minimum Gasteiger partial charge on any atom is -0.0826 e. The maximum atomic E-state index is 2.80. The molecule has 0 nitrogen and oxygen atoms in total. The van der Waals surface area contributed by atoms with Gasteiger partial charge in [-0.25, -0.2) is 0 Å². The van der Waals surface area contributed by atoms with Crippen molar-refractivity contribution in [1.29, 1.82) is 0 Å². The molecule has 4 bridgehead atoms. The normalized spacial score (nSPS) is 73.3. The van der Waals surface area contributed by atoms with Gasteiger partial charge in [-0.3, -0.25) is 0 Å². The van der Waals surface area contributed by atoms with E-state index in [0.29, 0.717) is 0 Å². The third-order valence-corrected chi connectivity index (χ3v) is 12.5. The zero-order valence-electron chi connectivity index (χ0n) is 13.8. The first kappa shape index (κ1) is 14.5. The molecular formula is C21H28I2. The van der Waals surface area contributed by atoms with E-state index in [1.54, 1.807) is 38.5 Å². The lowest BCUT2D eigenvalue weighted by molar-refractivity contribution is -0.189. The van der Waals surface area contributed by atoms with Crippen molar-refractivity contribution in [1.82, 2.24) is 0 Å². The van der Waals surface area contributed by atoms with Gasteiger partial charge >= 0.3 is 0 Å². The Labute approximate surface area is 168 Å². The highest BCUT2D eigenvalue weighted by molar-refractivity contribution is 14.1. The van der Waals surface area contributed by atoms with E-state index in [1.165, 1.54) is 65.6 Å². The molecule has 0 amide bonds. The molecule has 126 valence electrons. The van der Waals surface area contributed by atoms with Gasteiger partial charge in [0.1, 0.15) is 0 Å². The second-order valence-electron chi connectivity index (χ2n) is 10.6. The molecule has 0 N–H and O–H groups in total. The Morgan fingerprint density at radius 3 is 1.48 bits per heavy atom. The van der Waals surface area contributed by atoms with Gasteiger partial charge in [0.25, 0.3) is 0 Å². The average Bonchev–Trinajstić information content (AvgIpc) is 3.16. The topological polar surface area (TPSA) is 0 Å². The average molecular weight is 534 g/mol. The number of fused-ring (bicyclic) bond motifs is 18. The third-order valence-electron chi connectivity index (χ3n) is 10.5. The van der Waals surface area contributed by atoms with Crippen molar-refractivity contribution in [3.8, 4) is 0 Å². The number of hydrogen-bond donors (Lipinski definition) is 0. The van der Waals surface area contributed by atoms with E-state index < -0.39 is 0 Å². The number of alkyl halides is 2. The Balaban J connectivity index is 1.23. The summed E-state index contributed by atoms with van der Waals surface area (Å²) in [6.07, 6.45) is 11.3. The molecule has 23 heavy (non-hydrogen) atoms. The van der Waals surface area contributed by atoms with Crippen LogP contribution in [0, 0.1) is 71.0 Å². The van der Waals surface area contributed by atoms with Crippen LogP contribution in [0.5, 0.6) is 0 Å². The molecule has 14 unspecified atom stereocenters. The van der Waals surface area contributed by atoms with Gasteiger partial charge in [0.15, 0.2) is 0 Å². The minimum absolute atomic E-state index is 0.983. The quantitative estimate of drug-likeness (QED) is 0.209. The summed E-state index contributed by atoms with van der Waals surface area (Å²) in [6, 6.07) is 0. The predicted octanol–water partition coefficient (Wildman–Crippen LogP) is 5.81. The Morgan fingerprint density at radius 1 is 0.435 bits per heavy atom. The molecule has 0 saturated heterocycles. The molecule has 7 fully saturated rings. The fourth-order valence-electron chi connectivity index (χ4n) is 10.4. The van der Waals surface area contributed by atoms with Gasteiger partial charge in [-0.2, -0.15) is 0 Å². The fraction of sp³-hybridized carbons (Fsp3) is 1.00. The van der Waals surface area contributed by atoms with Crippen molar-refractivity contribution >= 4 is 45.2 Å². The first-order valence-corrected chi connectivity index (χ1v) is 13.0. The van der Waals surface area contributed by atoms with Crippen molar-refractivity contribution in [2.24, 2.45) is 71.0 Å². The molecule has 7 saturated carbocycles. The molecule has 14 atom stereocenters. The molecule has 0 heterocycles. The van der Waals surface area contributed by atoms with E-state index >= 15 is 0 Å². The summed E-state index contributed by atoms with van der Waals surface area (Å²) >= 11 is 5.60. The molecule has 0 aromatic carbocycles. The van der Waals surface area contributed by atoms with E-state index in [-0.39, 0.29) is 0 Å². The zero-order valence-corrected chi connectivity index (χ0v) is 18.1. The lowest BCUT2D eigenvalue weighted by Gasteiger charge is -2.66. The molecular weight excluding hydrogens is 506 g/mol. The fourth-order valence-corrected chi connectivity index (χ4v) is 13.8. The Hall–Kier alpha value is 1.46. The van der Waals surface area contributed by atoms with E-state index in [2.05, 4.69) is 45.2 Å². The molecule has 0 aliphatic heterocycles. The SMILES string of the molecule is IC1CC(I)CC2C(C1)C1C3CC(C21)C1C2C4CCC(C4)C2C31. The summed E-state index contributed by atoms with van der Waals surface area (Å²) < 4.78 is 1.97. The second kappa shape index (κ2) is 4.65. The molecule has 7 aliphatic carbocycles. The summed E-state index contributed by atoms with van der Waals surface area (Å²) in [5, 5.41) is 0. The lowest BCUT2D eigenvalue weighted by atomic mass is 9.39. The van der Waals surface area contributed by atoms with Gasteiger partial charge in [0.2, 0.25) is 0 Å². The molecule has 7 aliphatic rings. The summed E-state index contributed by atoms with van der Waals surface area (Å²) in [4.78, 5) is 0. The van der Waals surface area contributed by atoms with E-state index in [1.807, 2.05) is 0 Å². The molecule has 0 spiro atoms. The van der Waals surface area contributed by atoms with Crippen LogP contribution >= 0.6 is 45.2 Å². The second-order valence-corrected chi connectivity index (χ2v) is 14.1. The van der Waals surface area contributed by atoms with E-state index in [4.69, 9.17) is 0 Å². The van der Waals surface area contributed by atoms with Crippen molar-refractivity contribution in [3.63, 3.8) is 0 Å². The maximum absolute atomic E-state index is 2.80. The Kier molecular flexibility index (Phi) is 2.93. The van der Waals surface area contributed by atoms with Crippen LogP contribution in [0.2, 0.25) is 0 Å². The Morgan fingerprint density at radius 2 is 0.957 bits per heavy atom. The van der Waals surface area contributed by atoms with Gasteiger partial charge in [-0.1, -0.05) is 45.2 Å². The van der Waals surface area contributed by atoms with Crippen LogP contribution in [0.3, 0.4) is 0 Å². The van der Waals surface area contributed by atoms with Crippen LogP contribution in [-0.2, 0) is 0 Å². The van der Waals surface area contributed by atoms with Crippen LogP contribution in [-0.4, -0.2) is 7.85 Å². The van der Waals surface area contributed by atoms with Crippen molar-refractivity contribution < 1.29 is 0 Å². The van der Waals surface area contributed by atoms with Gasteiger partial charge in [-0.15, -0.1) is 0 Å². The van der Waals surface area contributed by atoms with Crippen molar-refractivity contribution in [3.05, 3.63) is 0 Å². The molecule has 0 radical (unpaired) electrons. The number of rotatable bonds is 0. The van der Waals surface area contributed by atoms with Crippen molar-refractivity contribution in [2.45, 2.75) is 52.8 Å². The highest BCUT2D eigenvalue weighted by atomic mass is 127. The van der Waals surface area contributed by atoms with Gasteiger partial charge in [0.05, 0.1) is 0 Å². The first-order chi connectivity index (χ1) is 11.2. The molecule has 0 aromatic heterocycles. The van der Waals surface area contributed by atoms with Gasteiger partial charge in [-0.05, 0) is 116 Å². The van der Waals surface area contributed by atoms with Crippen LogP contribution < -0.4 is 0 Å². The third kappa shape index (κ3) is 1.59. The van der Waals surface area contributed by atoms with Crippen molar-refractivity contribution in [2.75, 3.05) is 0 Å². The van der Waals surface area contributed by atoms with Gasteiger partial charge < -0.3 is 0 Å². The van der Waals surface area contributed by atoms with Crippen LogP contribution in [0.4, 0.5) is 0 Å². The summed E-state index contributed by atoms with van der Waals surface area (Å²) in [6.45, 7) is 0. The minimum atomic E-state index is 0.983. The number of halogens is 2. The van der Waals surface area contributed by atoms with Crippen LogP contribution in [0.15, 0.2) is 0 Å². The molecule has 2 heteroatoms. The molecule has 0 aromatic rings. The first-order valence-electron chi connectivity index (χ1n) is 10.5. The molecule has 7 rings (SSSR count). The lowest BCUT2D eigenvalue weighted by Crippen LogP contribution is -2.62. The standard InChI is InChI=1S/C21H28I2/c22-10-4-11(23)6-13-12(5-10)18-14-7-15(19(13)18)21-17-9-2-1-8(3-9)16(17)20(14)21/h8-21H,1-7H2. The summed E-state index contributed by atoms with van der Waals surface area (Å²) in [5.41, 5.74) is 0. The largest absolute Gasteiger partial charge is 0.0826 e. The van der Waals surface area contributed by atoms with E-state index in [9.17, 15) is 0 Å². The zero-order chi connectivity index (χ0) is 15.0. The van der Waals surface area contributed by atoms with Crippen LogP contribution in [0.25, 0.3) is 0 Å². The van der Waals surface area contributed by atoms with Crippen LogP contribution in [0.1, 0.15) is 44.9 Å². The Bertz CT molecular complexity index is 510. The summed E-state index contributed by atoms with van der Waals surface area (Å²) in [5.74, 6) is 14.6. The van der Waals surface area contributed by atoms with Gasteiger partial charge in [0, 0.05) is 7.85 Å². The smallest absolute Gasteiger partial charge is 0.0122 e. The number of hydrogen-bond acceptors (Lipinski definition) is 0.